The number of carbonyl (C=O) groups is 2. The molecule has 2 amide bonds. The Morgan fingerprint density at radius 1 is 1.05 bits per heavy atom. The summed E-state index contributed by atoms with van der Waals surface area (Å²) in [5, 5.41) is 4.82. The number of amides is 2. The van der Waals surface area contributed by atoms with Crippen LogP contribution in [0.15, 0.2) is 78.0 Å². The number of halogens is 3. The number of aliphatic imine (C=N–C) groups is 1. The highest BCUT2D eigenvalue weighted by Crippen LogP contribution is 2.33. The van der Waals surface area contributed by atoms with Crippen LogP contribution in [0, 0.1) is 13.8 Å². The maximum atomic E-state index is 12.9. The van der Waals surface area contributed by atoms with Gasteiger partial charge in [0.2, 0.25) is 11.8 Å². The zero-order valence-electron chi connectivity index (χ0n) is 22.9. The van der Waals surface area contributed by atoms with E-state index in [1.54, 1.807) is 4.90 Å². The molecular formula is C30H26F3N5O3S. The molecule has 1 fully saturated rings. The fraction of sp³-hybridized carbons (Fsp3) is 0.233. The molecule has 1 saturated heterocycles. The van der Waals surface area contributed by atoms with Gasteiger partial charge in [-0.05, 0) is 60.7 Å². The van der Waals surface area contributed by atoms with Crippen molar-refractivity contribution in [3.63, 3.8) is 0 Å². The molecule has 5 rings (SSSR count). The Balaban J connectivity index is 1.24. The highest BCUT2D eigenvalue weighted by atomic mass is 32.2. The summed E-state index contributed by atoms with van der Waals surface area (Å²) in [7, 11) is 0. The van der Waals surface area contributed by atoms with Crippen molar-refractivity contribution in [2.75, 3.05) is 10.7 Å². The van der Waals surface area contributed by atoms with Crippen molar-refractivity contribution in [2.45, 2.75) is 39.5 Å². The first-order valence-corrected chi connectivity index (χ1v) is 14.0. The van der Waals surface area contributed by atoms with Crippen LogP contribution in [0.2, 0.25) is 0 Å². The lowest BCUT2D eigenvalue weighted by Crippen LogP contribution is -2.31. The quantitative estimate of drug-likeness (QED) is 0.240. The molecule has 2 heterocycles. The summed E-state index contributed by atoms with van der Waals surface area (Å²) in [5.41, 5.74) is 4.82. The summed E-state index contributed by atoms with van der Waals surface area (Å²) in [6.45, 7) is 5.79. The summed E-state index contributed by atoms with van der Waals surface area (Å²) >= 11 is 1.26. The minimum Gasteiger partial charge on any atom is -0.406 e. The summed E-state index contributed by atoms with van der Waals surface area (Å²) in [6.07, 6.45) is -3.13. The third-order valence-electron chi connectivity index (χ3n) is 6.69. The van der Waals surface area contributed by atoms with Crippen LogP contribution < -0.4 is 9.64 Å². The molecule has 1 aliphatic rings. The van der Waals surface area contributed by atoms with E-state index in [2.05, 4.69) is 19.8 Å². The van der Waals surface area contributed by atoms with Crippen LogP contribution in [-0.2, 0) is 9.59 Å². The largest absolute Gasteiger partial charge is 0.573 e. The summed E-state index contributed by atoms with van der Waals surface area (Å²) < 4.78 is 42.6. The van der Waals surface area contributed by atoms with Gasteiger partial charge < -0.3 is 4.74 Å². The number of amidine groups is 1. The van der Waals surface area contributed by atoms with Gasteiger partial charge in [0.1, 0.15) is 12.1 Å². The topological polar surface area (TPSA) is 89.7 Å². The van der Waals surface area contributed by atoms with Crippen molar-refractivity contribution in [1.29, 1.82) is 0 Å². The van der Waals surface area contributed by atoms with E-state index in [0.29, 0.717) is 16.7 Å². The maximum Gasteiger partial charge on any atom is 0.573 e. The number of para-hydroxylation sites is 1. The third kappa shape index (κ3) is 6.54. The molecule has 0 spiro atoms. The first-order chi connectivity index (χ1) is 20.0. The van der Waals surface area contributed by atoms with Gasteiger partial charge in [0.15, 0.2) is 11.0 Å². The Labute approximate surface area is 244 Å². The van der Waals surface area contributed by atoms with E-state index in [-0.39, 0.29) is 35.7 Å². The predicted octanol–water partition coefficient (Wildman–Crippen LogP) is 6.61. The van der Waals surface area contributed by atoms with Gasteiger partial charge in [-0.15, -0.1) is 18.3 Å². The zero-order chi connectivity index (χ0) is 30.0. The maximum absolute atomic E-state index is 12.9. The second kappa shape index (κ2) is 11.8. The van der Waals surface area contributed by atoms with Gasteiger partial charge in [-0.2, -0.15) is 4.99 Å². The number of benzene rings is 3. The van der Waals surface area contributed by atoms with Crippen LogP contribution in [0.25, 0.3) is 17.1 Å². The average Bonchev–Trinajstić information content (AvgIpc) is 3.56. The van der Waals surface area contributed by atoms with E-state index in [1.165, 1.54) is 47.0 Å². The lowest BCUT2D eigenvalue weighted by atomic mass is 9.96. The number of aromatic nitrogens is 3. The molecule has 0 radical (unpaired) electrons. The molecule has 12 heteroatoms. The fourth-order valence-corrected chi connectivity index (χ4v) is 5.51. The lowest BCUT2D eigenvalue weighted by Gasteiger charge is -2.20. The number of thioether (sulfide) groups is 1. The minimum atomic E-state index is -4.76. The first kappa shape index (κ1) is 29.1. The number of ether oxygens (including phenoxy) is 1. The molecule has 0 bridgehead atoms. The Kier molecular flexibility index (Phi) is 8.17. The van der Waals surface area contributed by atoms with E-state index in [0.717, 1.165) is 27.9 Å². The molecule has 1 aromatic heterocycles. The van der Waals surface area contributed by atoms with Crippen LogP contribution in [0.4, 0.5) is 18.9 Å². The Morgan fingerprint density at radius 2 is 1.71 bits per heavy atom. The Morgan fingerprint density at radius 3 is 2.36 bits per heavy atom. The summed E-state index contributed by atoms with van der Waals surface area (Å²) in [5.74, 6) is -0.201. The number of hydrogen-bond acceptors (Lipinski definition) is 6. The second-order valence-electron chi connectivity index (χ2n) is 9.83. The molecule has 0 aliphatic carbocycles. The number of aryl methyl sites for hydroxylation is 2. The molecule has 42 heavy (non-hydrogen) atoms. The molecule has 1 unspecified atom stereocenters. The van der Waals surface area contributed by atoms with Gasteiger partial charge in [-0.3, -0.25) is 14.5 Å². The van der Waals surface area contributed by atoms with E-state index < -0.39 is 6.36 Å². The summed E-state index contributed by atoms with van der Waals surface area (Å²) in [6, 6.07) is 18.6. The number of nitrogens with zero attached hydrogens (tertiary/aromatic N) is 5. The number of anilines is 1. The fourth-order valence-electron chi connectivity index (χ4n) is 4.64. The van der Waals surface area contributed by atoms with Crippen LogP contribution in [-0.4, -0.2) is 43.9 Å². The third-order valence-corrected chi connectivity index (χ3v) is 7.62. The van der Waals surface area contributed by atoms with Crippen molar-refractivity contribution >= 4 is 34.4 Å². The number of carbonyl (C=O) groups excluding carboxylic acids is 2. The minimum absolute atomic E-state index is 0.101. The highest BCUT2D eigenvalue weighted by Gasteiger charge is 2.33. The first-order valence-electron chi connectivity index (χ1n) is 13.0. The van der Waals surface area contributed by atoms with Gasteiger partial charge >= 0.3 is 6.36 Å². The lowest BCUT2D eigenvalue weighted by molar-refractivity contribution is -0.274. The monoisotopic (exact) mass is 593 g/mol. The van der Waals surface area contributed by atoms with Gasteiger partial charge in [-0.1, -0.05) is 61.2 Å². The Bertz CT molecular complexity index is 1630. The van der Waals surface area contributed by atoms with Crippen molar-refractivity contribution in [3.8, 4) is 22.8 Å². The molecule has 1 aliphatic heterocycles. The predicted molar refractivity (Wildman–Crippen MR) is 155 cm³/mol. The van der Waals surface area contributed by atoms with Crippen molar-refractivity contribution in [2.24, 2.45) is 4.99 Å². The number of hydrogen-bond donors (Lipinski definition) is 0. The highest BCUT2D eigenvalue weighted by molar-refractivity contribution is 8.15. The van der Waals surface area contributed by atoms with Crippen molar-refractivity contribution < 1.29 is 27.5 Å². The van der Waals surface area contributed by atoms with Gasteiger partial charge in [0, 0.05) is 12.0 Å². The van der Waals surface area contributed by atoms with Gasteiger partial charge in [-0.25, -0.2) is 9.67 Å². The van der Waals surface area contributed by atoms with Crippen molar-refractivity contribution in [3.05, 3.63) is 89.7 Å². The SMILES string of the molecule is Cc1cccc(C)c1N1C(=O)CSC1=NC(=O)CC(C)c1ccc(-c2ncn(-c3ccc(OC(F)(F)F)cc3)n2)cc1. The molecular weight excluding hydrogens is 567 g/mol. The van der Waals surface area contributed by atoms with Crippen molar-refractivity contribution in [1.82, 2.24) is 14.8 Å². The summed E-state index contributed by atoms with van der Waals surface area (Å²) in [4.78, 5) is 35.8. The normalized spacial score (nSPS) is 15.3. The number of rotatable bonds is 7. The molecule has 216 valence electrons. The van der Waals surface area contributed by atoms with Crippen LogP contribution in [0.1, 0.15) is 36.0 Å². The van der Waals surface area contributed by atoms with Crippen LogP contribution in [0.5, 0.6) is 5.75 Å². The standard InChI is InChI=1S/C30H26F3N5O3S/c1-18-5-4-6-19(2)27(18)38-26(40)16-42-29(38)35-25(39)15-20(3)21-7-9-22(10-8-21)28-34-17-37(36-28)23-11-13-24(14-12-23)41-30(31,32)33/h4-14,17,20H,15-16H2,1-3H3. The molecule has 3 aromatic carbocycles. The van der Waals surface area contributed by atoms with E-state index in [9.17, 15) is 22.8 Å². The molecule has 1 atom stereocenters. The van der Waals surface area contributed by atoms with E-state index in [1.807, 2.05) is 63.2 Å². The molecule has 0 N–H and O–H groups in total. The van der Waals surface area contributed by atoms with Crippen LogP contribution in [0.3, 0.4) is 0 Å². The molecule has 0 saturated carbocycles. The van der Waals surface area contributed by atoms with E-state index >= 15 is 0 Å². The van der Waals surface area contributed by atoms with Crippen LogP contribution >= 0.6 is 11.8 Å². The molecule has 8 nitrogen and oxygen atoms in total. The zero-order valence-corrected chi connectivity index (χ0v) is 23.7. The molecule has 4 aromatic rings. The smallest absolute Gasteiger partial charge is 0.406 e. The number of alkyl halides is 3. The Hall–Kier alpha value is -4.45. The van der Waals surface area contributed by atoms with E-state index in [4.69, 9.17) is 0 Å². The van der Waals surface area contributed by atoms with Gasteiger partial charge in [0.25, 0.3) is 0 Å². The second-order valence-corrected chi connectivity index (χ2v) is 10.8. The van der Waals surface area contributed by atoms with Gasteiger partial charge in [0.05, 0.1) is 17.1 Å². The average molecular weight is 594 g/mol.